The van der Waals surface area contributed by atoms with E-state index in [-0.39, 0.29) is 18.0 Å². The van der Waals surface area contributed by atoms with Crippen molar-refractivity contribution >= 4 is 33.2 Å². The van der Waals surface area contributed by atoms with Gasteiger partial charge in [-0.3, -0.25) is 9.10 Å². The van der Waals surface area contributed by atoms with Gasteiger partial charge in [-0.1, -0.05) is 66.2 Å². The number of ether oxygens (including phenoxy) is 1. The number of carbonyl (C=O) groups is 1. The molecule has 0 radical (unpaired) electrons. The minimum Gasteiger partial charge on any atom is -0.375 e. The lowest BCUT2D eigenvalue weighted by Crippen LogP contribution is -2.41. The van der Waals surface area contributed by atoms with Crippen LogP contribution in [0.25, 0.3) is 0 Å². The molecular formula is C24H25ClN2O4S. The van der Waals surface area contributed by atoms with Crippen molar-refractivity contribution in [2.75, 3.05) is 24.0 Å². The predicted octanol–water partition coefficient (Wildman–Crippen LogP) is 4.18. The highest BCUT2D eigenvalue weighted by atomic mass is 35.5. The third-order valence-electron chi connectivity index (χ3n) is 4.74. The van der Waals surface area contributed by atoms with Gasteiger partial charge >= 0.3 is 0 Å². The Labute approximate surface area is 193 Å². The van der Waals surface area contributed by atoms with Crippen LogP contribution in [0.4, 0.5) is 5.69 Å². The number of amides is 1. The third-order valence-corrected chi connectivity index (χ3v) is 6.94. The van der Waals surface area contributed by atoms with E-state index in [9.17, 15) is 13.2 Å². The van der Waals surface area contributed by atoms with Crippen molar-refractivity contribution in [3.8, 4) is 0 Å². The van der Waals surface area contributed by atoms with Crippen LogP contribution in [0.15, 0.2) is 83.8 Å². The quantitative estimate of drug-likeness (QED) is 0.449. The molecule has 1 amide bonds. The lowest BCUT2D eigenvalue weighted by atomic mass is 10.2. The van der Waals surface area contributed by atoms with E-state index < -0.39 is 15.9 Å². The lowest BCUT2D eigenvalue weighted by Gasteiger charge is -2.24. The first-order valence-electron chi connectivity index (χ1n) is 10.1. The van der Waals surface area contributed by atoms with Gasteiger partial charge in [0.1, 0.15) is 6.54 Å². The number of hydrogen-bond acceptors (Lipinski definition) is 4. The van der Waals surface area contributed by atoms with Crippen molar-refractivity contribution in [2.45, 2.75) is 18.4 Å². The molecule has 0 atom stereocenters. The first kappa shape index (κ1) is 23.8. The average Bonchev–Trinajstić information content (AvgIpc) is 2.80. The first-order chi connectivity index (χ1) is 15.4. The van der Waals surface area contributed by atoms with Gasteiger partial charge in [-0.15, -0.1) is 0 Å². The van der Waals surface area contributed by atoms with E-state index in [1.54, 1.807) is 36.4 Å². The molecule has 6 nitrogen and oxygen atoms in total. The second kappa shape index (κ2) is 11.1. The molecule has 0 spiro atoms. The molecule has 0 aromatic heterocycles. The van der Waals surface area contributed by atoms with Gasteiger partial charge in [0.2, 0.25) is 5.91 Å². The Morgan fingerprint density at radius 3 is 2.31 bits per heavy atom. The van der Waals surface area contributed by atoms with E-state index in [4.69, 9.17) is 16.3 Å². The van der Waals surface area contributed by atoms with Crippen LogP contribution < -0.4 is 9.62 Å². The molecule has 32 heavy (non-hydrogen) atoms. The van der Waals surface area contributed by atoms with Gasteiger partial charge in [-0.05, 0) is 42.3 Å². The SMILES string of the molecule is Cc1ccc(N(CC(=O)NCCOCc2ccccc2)S(=O)(=O)c2ccccc2)cc1Cl. The van der Waals surface area contributed by atoms with E-state index in [2.05, 4.69) is 5.32 Å². The van der Waals surface area contributed by atoms with E-state index in [0.717, 1.165) is 15.4 Å². The number of anilines is 1. The van der Waals surface area contributed by atoms with Crippen LogP contribution in [0, 0.1) is 6.92 Å². The largest absolute Gasteiger partial charge is 0.375 e. The fourth-order valence-electron chi connectivity index (χ4n) is 2.98. The number of nitrogens with zero attached hydrogens (tertiary/aromatic N) is 1. The van der Waals surface area contributed by atoms with E-state index in [0.29, 0.717) is 23.9 Å². The zero-order valence-corrected chi connectivity index (χ0v) is 19.3. The summed E-state index contributed by atoms with van der Waals surface area (Å²) in [6.07, 6.45) is 0. The maximum atomic E-state index is 13.3. The van der Waals surface area contributed by atoms with E-state index in [1.807, 2.05) is 37.3 Å². The number of rotatable bonds is 10. The highest BCUT2D eigenvalue weighted by Gasteiger charge is 2.27. The summed E-state index contributed by atoms with van der Waals surface area (Å²) < 4.78 is 33.2. The molecule has 0 bridgehead atoms. The van der Waals surface area contributed by atoms with Crippen molar-refractivity contribution in [3.05, 3.63) is 95.0 Å². The standard InChI is InChI=1S/C24H25ClN2O4S/c1-19-12-13-21(16-23(19)25)27(32(29,30)22-10-6-3-7-11-22)17-24(28)26-14-15-31-18-20-8-4-2-5-9-20/h2-13,16H,14-15,17-18H2,1H3,(H,26,28). The van der Waals surface area contributed by atoms with Crippen LogP contribution in [0.5, 0.6) is 0 Å². The summed E-state index contributed by atoms with van der Waals surface area (Å²) in [5.41, 5.74) is 2.17. The number of hydrogen-bond donors (Lipinski definition) is 1. The Balaban J connectivity index is 1.67. The molecule has 0 aliphatic heterocycles. The molecule has 0 aliphatic rings. The fourth-order valence-corrected chi connectivity index (χ4v) is 4.59. The Kier molecular flexibility index (Phi) is 8.27. The zero-order valence-electron chi connectivity index (χ0n) is 17.7. The van der Waals surface area contributed by atoms with Crippen molar-refractivity contribution in [3.63, 3.8) is 0 Å². The first-order valence-corrected chi connectivity index (χ1v) is 11.9. The van der Waals surface area contributed by atoms with Crippen molar-refractivity contribution in [1.29, 1.82) is 0 Å². The van der Waals surface area contributed by atoms with Crippen LogP contribution in [-0.2, 0) is 26.2 Å². The smallest absolute Gasteiger partial charge is 0.264 e. The van der Waals surface area contributed by atoms with Crippen LogP contribution >= 0.6 is 11.6 Å². The molecule has 0 saturated carbocycles. The van der Waals surface area contributed by atoms with Gasteiger partial charge in [0.05, 0.1) is 23.8 Å². The van der Waals surface area contributed by atoms with Gasteiger partial charge in [0.25, 0.3) is 10.0 Å². The predicted molar refractivity (Wildman–Crippen MR) is 126 cm³/mol. The van der Waals surface area contributed by atoms with E-state index >= 15 is 0 Å². The van der Waals surface area contributed by atoms with Gasteiger partial charge in [-0.25, -0.2) is 8.42 Å². The Morgan fingerprint density at radius 2 is 1.66 bits per heavy atom. The molecular weight excluding hydrogens is 448 g/mol. The Hall–Kier alpha value is -2.87. The molecule has 168 valence electrons. The van der Waals surface area contributed by atoms with Crippen molar-refractivity contribution < 1.29 is 17.9 Å². The molecule has 1 N–H and O–H groups in total. The summed E-state index contributed by atoms with van der Waals surface area (Å²) in [6.45, 7) is 2.45. The normalized spacial score (nSPS) is 11.2. The Morgan fingerprint density at radius 1 is 1.00 bits per heavy atom. The minimum atomic E-state index is -3.97. The van der Waals surface area contributed by atoms with Crippen LogP contribution in [0.2, 0.25) is 5.02 Å². The molecule has 3 rings (SSSR count). The number of aryl methyl sites for hydroxylation is 1. The second-order valence-electron chi connectivity index (χ2n) is 7.15. The number of carbonyl (C=O) groups excluding carboxylic acids is 1. The summed E-state index contributed by atoms with van der Waals surface area (Å²) in [7, 11) is -3.97. The summed E-state index contributed by atoms with van der Waals surface area (Å²) in [5.74, 6) is -0.440. The monoisotopic (exact) mass is 472 g/mol. The second-order valence-corrected chi connectivity index (χ2v) is 9.42. The number of halogens is 1. The van der Waals surface area contributed by atoms with Crippen molar-refractivity contribution in [1.82, 2.24) is 5.32 Å². The highest BCUT2D eigenvalue weighted by molar-refractivity contribution is 7.92. The molecule has 0 aliphatic carbocycles. The summed E-state index contributed by atoms with van der Waals surface area (Å²) in [5, 5.41) is 3.14. The van der Waals surface area contributed by atoms with Crippen LogP contribution in [0.3, 0.4) is 0 Å². The number of benzene rings is 3. The summed E-state index contributed by atoms with van der Waals surface area (Å²) in [4.78, 5) is 12.7. The maximum Gasteiger partial charge on any atom is 0.264 e. The summed E-state index contributed by atoms with van der Waals surface area (Å²) in [6, 6.07) is 22.6. The fraction of sp³-hybridized carbons (Fsp3) is 0.208. The molecule has 8 heteroatoms. The van der Waals surface area contributed by atoms with Gasteiger partial charge in [-0.2, -0.15) is 0 Å². The average molecular weight is 473 g/mol. The van der Waals surface area contributed by atoms with Crippen LogP contribution in [-0.4, -0.2) is 34.0 Å². The molecule has 0 heterocycles. The topological polar surface area (TPSA) is 75.7 Å². The van der Waals surface area contributed by atoms with Gasteiger partial charge in [0.15, 0.2) is 0 Å². The third kappa shape index (κ3) is 6.32. The minimum absolute atomic E-state index is 0.0932. The molecule has 0 fully saturated rings. The lowest BCUT2D eigenvalue weighted by molar-refractivity contribution is -0.119. The number of nitrogens with one attached hydrogen (secondary N) is 1. The zero-order chi connectivity index (χ0) is 23.0. The highest BCUT2D eigenvalue weighted by Crippen LogP contribution is 2.27. The summed E-state index contributed by atoms with van der Waals surface area (Å²) >= 11 is 6.22. The number of sulfonamides is 1. The molecule has 3 aromatic rings. The van der Waals surface area contributed by atoms with Crippen LogP contribution in [0.1, 0.15) is 11.1 Å². The van der Waals surface area contributed by atoms with Crippen molar-refractivity contribution in [2.24, 2.45) is 0 Å². The molecule has 0 saturated heterocycles. The van der Waals surface area contributed by atoms with Gasteiger partial charge in [0, 0.05) is 11.6 Å². The Bertz CT molecular complexity index is 1140. The molecule has 0 unspecified atom stereocenters. The molecule has 3 aromatic carbocycles. The van der Waals surface area contributed by atoms with E-state index in [1.165, 1.54) is 12.1 Å². The maximum absolute atomic E-state index is 13.3. The van der Waals surface area contributed by atoms with Gasteiger partial charge < -0.3 is 10.1 Å².